The van der Waals surface area contributed by atoms with Gasteiger partial charge in [0.05, 0.1) is 67.8 Å². The van der Waals surface area contributed by atoms with Crippen molar-refractivity contribution in [2.75, 3.05) is 76.6 Å². The highest BCUT2D eigenvalue weighted by Crippen LogP contribution is 2.46. The van der Waals surface area contributed by atoms with Gasteiger partial charge in [-0.25, -0.2) is 22.3 Å². The minimum Gasteiger partial charge on any atom is -0.490 e. The van der Waals surface area contributed by atoms with E-state index < -0.39 is 58.2 Å². The lowest BCUT2D eigenvalue weighted by molar-refractivity contribution is -0.139. The molecule has 21 nitrogen and oxygen atoms in total. The van der Waals surface area contributed by atoms with E-state index in [0.29, 0.717) is 40.2 Å². The zero-order chi connectivity index (χ0) is 50.7. The van der Waals surface area contributed by atoms with E-state index in [-0.39, 0.29) is 129 Å². The van der Waals surface area contributed by atoms with Crippen molar-refractivity contribution in [3.63, 3.8) is 0 Å². The van der Waals surface area contributed by atoms with Gasteiger partial charge in [-0.05, 0) is 66.8 Å². The number of rotatable bonds is 25. The summed E-state index contributed by atoms with van der Waals surface area (Å²) in [6, 6.07) is 17.2. The summed E-state index contributed by atoms with van der Waals surface area (Å²) in [5, 5.41) is 27.0. The molecule has 0 spiro atoms. The van der Waals surface area contributed by atoms with Crippen LogP contribution in [-0.2, 0) is 49.2 Å². The average molecular weight is 1040 g/mol. The Kier molecular flexibility index (Phi) is 17.8. The largest absolute Gasteiger partial charge is 0.490 e. The number of nitrogens with one attached hydrogen (secondary N) is 3. The third-order valence-electron chi connectivity index (χ3n) is 11.4. The normalized spacial score (nSPS) is 16.4. The van der Waals surface area contributed by atoms with Gasteiger partial charge in [0.1, 0.15) is 23.4 Å². The number of thiophene rings is 1. The van der Waals surface area contributed by atoms with Gasteiger partial charge in [0.15, 0.2) is 17.2 Å². The Morgan fingerprint density at radius 2 is 1.48 bits per heavy atom. The summed E-state index contributed by atoms with van der Waals surface area (Å²) in [7, 11) is -3.70. The second kappa shape index (κ2) is 24.1. The van der Waals surface area contributed by atoms with Gasteiger partial charge in [-0.3, -0.25) is 34.2 Å². The van der Waals surface area contributed by atoms with E-state index in [1.54, 1.807) is 54.6 Å². The Morgan fingerprint density at radius 1 is 0.803 bits per heavy atom. The molecule has 1 atom stereocenters. The first-order valence-corrected chi connectivity index (χ1v) is 25.2. The first-order chi connectivity index (χ1) is 34.1. The number of fused-ring (bicyclic) bond motifs is 1. The molecule has 5 amide bonds. The fraction of sp³-hybridized carbons (Fsp3) is 0.383. The van der Waals surface area contributed by atoms with E-state index >= 15 is 0 Å². The van der Waals surface area contributed by atoms with Crippen LogP contribution in [0.3, 0.4) is 0 Å². The number of imide groups is 2. The number of anilines is 2. The molecule has 0 bridgehead atoms. The van der Waals surface area contributed by atoms with Crippen LogP contribution in [-0.4, -0.2) is 147 Å². The minimum atomic E-state index is -3.70. The Morgan fingerprint density at radius 3 is 2.18 bits per heavy atom. The number of carboxylic acids is 2. The van der Waals surface area contributed by atoms with E-state index in [0.717, 1.165) is 16.2 Å². The van der Waals surface area contributed by atoms with Crippen molar-refractivity contribution in [2.45, 2.75) is 49.9 Å². The maximum atomic E-state index is 13.5. The molecule has 0 radical (unpaired) electrons. The number of amides is 5. The van der Waals surface area contributed by atoms with Crippen molar-refractivity contribution in [3.8, 4) is 21.9 Å². The van der Waals surface area contributed by atoms with Crippen molar-refractivity contribution in [2.24, 2.45) is 0 Å². The second-order valence-corrected chi connectivity index (χ2v) is 19.7. The predicted molar refractivity (Wildman–Crippen MR) is 256 cm³/mol. The van der Waals surface area contributed by atoms with Crippen LogP contribution in [0.2, 0.25) is 5.02 Å². The third-order valence-corrected chi connectivity index (χ3v) is 14.9. The summed E-state index contributed by atoms with van der Waals surface area (Å²) < 4.78 is 55.9. The number of aromatic carboxylic acids is 1. The number of hydrogen-bond donors (Lipinski definition) is 5. The highest BCUT2D eigenvalue weighted by molar-refractivity contribution is 7.88. The first kappa shape index (κ1) is 52.4. The molecule has 1 aromatic heterocycles. The lowest BCUT2D eigenvalue weighted by Gasteiger charge is -2.32. The molecule has 7 rings (SSSR count). The molecule has 4 aromatic rings. The van der Waals surface area contributed by atoms with Crippen LogP contribution in [0.15, 0.2) is 66.7 Å². The lowest BCUT2D eigenvalue weighted by Crippen LogP contribution is -2.54. The number of piperidine rings is 2. The molecule has 3 aliphatic heterocycles. The molecule has 0 saturated carbocycles. The van der Waals surface area contributed by atoms with Crippen LogP contribution in [0.25, 0.3) is 10.4 Å². The number of sulfonamides is 1. The molecule has 1 unspecified atom stereocenters. The lowest BCUT2D eigenvalue weighted by atomic mass is 10.0. The molecular weight excluding hydrogens is 990 g/mol. The fourth-order valence-electron chi connectivity index (χ4n) is 8.04. The fourth-order valence-corrected chi connectivity index (χ4v) is 11.0. The quantitative estimate of drug-likeness (QED) is 0.0451. The first-order valence-electron chi connectivity index (χ1n) is 22.4. The third kappa shape index (κ3) is 13.5. The molecule has 0 aliphatic carbocycles. The number of halogens is 1. The van der Waals surface area contributed by atoms with E-state index in [9.17, 15) is 47.1 Å². The van der Waals surface area contributed by atoms with Crippen LogP contribution in [0.5, 0.6) is 11.5 Å². The highest BCUT2D eigenvalue weighted by atomic mass is 35.5. The Balaban J connectivity index is 0.751. The van der Waals surface area contributed by atoms with Crippen molar-refractivity contribution >= 4 is 85.8 Å². The molecular formula is C47H50ClN5O16S2. The maximum Gasteiger partial charge on any atom is 0.349 e. The molecule has 2 fully saturated rings. The zero-order valence-electron chi connectivity index (χ0n) is 38.0. The second-order valence-electron chi connectivity index (χ2n) is 16.4. The Hall–Kier alpha value is -6.47. The summed E-state index contributed by atoms with van der Waals surface area (Å²) in [4.78, 5) is 86.7. The SMILES string of the molecule is O=C(O)COc1c(C(=O)O)sc(-c2cccc(NC3CCN(S(=O)(=O)Cc4cccc(NC(=O)CCOCCOCCOCCOc5cccc6c5C(=O)N(C5CCC(=O)NC5=O)C6=O)c4)CC3)c2)c1Cl. The maximum absolute atomic E-state index is 13.5. The molecule has 2 saturated heterocycles. The van der Waals surface area contributed by atoms with Gasteiger partial charge in [-0.2, -0.15) is 0 Å². The Labute approximate surface area is 416 Å². The standard InChI is InChI=1S/C47H50ClN5O16S2/c48-40-41(69-26-38(56)57)43(47(61)62)70-42(40)29-5-2-7-32(25-29)49-30-12-15-52(16-13-30)71(63,64)27-28-4-1-6-31(24-28)50-37(55)14-17-65-18-19-66-20-21-67-22-23-68-35-9-3-8-33-39(35)46(60)53(45(33)59)34-10-11-36(54)51-44(34)58/h1-9,24-25,30,34,49H,10-23,26-27H2,(H,50,55)(H,56,57)(H,61,62)(H,51,54,58). The summed E-state index contributed by atoms with van der Waals surface area (Å²) in [5.41, 5.74) is 2.42. The van der Waals surface area contributed by atoms with Gasteiger partial charge < -0.3 is 44.5 Å². The van der Waals surface area contributed by atoms with E-state index in [2.05, 4.69) is 16.0 Å². The number of benzene rings is 3. The predicted octanol–water partition coefficient (Wildman–Crippen LogP) is 4.50. The minimum absolute atomic E-state index is 0.00761. The van der Waals surface area contributed by atoms with Crippen molar-refractivity contribution in [3.05, 3.63) is 93.3 Å². The number of carbonyl (C=O) groups is 7. The van der Waals surface area contributed by atoms with Crippen LogP contribution < -0.4 is 25.4 Å². The molecule has 3 aromatic carbocycles. The van der Waals surface area contributed by atoms with E-state index in [4.69, 9.17) is 40.4 Å². The molecule has 24 heteroatoms. The van der Waals surface area contributed by atoms with E-state index in [1.807, 2.05) is 6.07 Å². The number of aliphatic carboxylic acids is 1. The number of hydrogen-bond acceptors (Lipinski definition) is 16. The zero-order valence-corrected chi connectivity index (χ0v) is 40.4. The Bertz CT molecular complexity index is 2780. The summed E-state index contributed by atoms with van der Waals surface area (Å²) in [5.74, 6) is -5.63. The van der Waals surface area contributed by atoms with Crippen LogP contribution in [0.1, 0.15) is 68.1 Å². The monoisotopic (exact) mass is 1040 g/mol. The van der Waals surface area contributed by atoms with Crippen molar-refractivity contribution < 1.29 is 75.9 Å². The van der Waals surface area contributed by atoms with Gasteiger partial charge in [-0.1, -0.05) is 41.9 Å². The van der Waals surface area contributed by atoms with E-state index in [1.165, 1.54) is 10.4 Å². The molecule has 5 N–H and O–H groups in total. The van der Waals surface area contributed by atoms with Gasteiger partial charge in [0.25, 0.3) is 11.8 Å². The van der Waals surface area contributed by atoms with Crippen molar-refractivity contribution in [1.82, 2.24) is 14.5 Å². The highest BCUT2D eigenvalue weighted by Gasteiger charge is 2.46. The van der Waals surface area contributed by atoms with Gasteiger partial charge in [0.2, 0.25) is 27.7 Å². The number of ether oxygens (including phenoxy) is 5. The summed E-state index contributed by atoms with van der Waals surface area (Å²) >= 11 is 7.34. The summed E-state index contributed by atoms with van der Waals surface area (Å²) in [6.07, 6.45) is 1.15. The smallest absolute Gasteiger partial charge is 0.349 e. The molecule has 71 heavy (non-hydrogen) atoms. The molecule has 4 heterocycles. The number of carboxylic acid groups (broad SMARTS) is 2. The molecule has 3 aliphatic rings. The topological polar surface area (TPSA) is 283 Å². The number of carbonyl (C=O) groups excluding carboxylic acids is 5. The van der Waals surface area contributed by atoms with Crippen molar-refractivity contribution in [1.29, 1.82) is 0 Å². The van der Waals surface area contributed by atoms with Crippen LogP contribution in [0.4, 0.5) is 11.4 Å². The van der Waals surface area contributed by atoms with Crippen LogP contribution >= 0.6 is 22.9 Å². The van der Waals surface area contributed by atoms with Gasteiger partial charge in [-0.15, -0.1) is 11.3 Å². The average Bonchev–Trinajstić information content (AvgIpc) is 3.80. The van der Waals surface area contributed by atoms with Gasteiger partial charge >= 0.3 is 11.9 Å². The molecule has 378 valence electrons. The number of nitrogens with zero attached hydrogens (tertiary/aromatic N) is 2. The van der Waals surface area contributed by atoms with Gasteiger partial charge in [0, 0.05) is 36.9 Å². The summed E-state index contributed by atoms with van der Waals surface area (Å²) in [6.45, 7) is 1.11. The van der Waals surface area contributed by atoms with Crippen LogP contribution in [0, 0.1) is 0 Å².